The van der Waals surface area contributed by atoms with Gasteiger partial charge >= 0.3 is 6.16 Å². The Bertz CT molecular complexity index is 1100. The van der Waals surface area contributed by atoms with Crippen molar-refractivity contribution in [1.82, 2.24) is 0 Å². The number of hydrogen-bond acceptors (Lipinski definition) is 5. The van der Waals surface area contributed by atoms with E-state index < -0.39 is 6.16 Å². The minimum Gasteiger partial charge on any atom is -0.434 e. The second kappa shape index (κ2) is 11.8. The molecule has 0 fully saturated rings. The molecule has 3 aromatic rings. The van der Waals surface area contributed by atoms with E-state index in [2.05, 4.69) is 26.6 Å². The van der Waals surface area contributed by atoms with Gasteiger partial charge in [0.05, 0.1) is 6.61 Å². The molecule has 0 radical (unpaired) electrons. The molecule has 0 aromatic heterocycles. The smallest absolute Gasteiger partial charge is 0.434 e. The van der Waals surface area contributed by atoms with E-state index in [1.165, 1.54) is 12.1 Å². The van der Waals surface area contributed by atoms with Gasteiger partial charge in [-0.3, -0.25) is 9.59 Å². The van der Waals surface area contributed by atoms with Crippen LogP contribution in [-0.2, 0) is 16.0 Å². The van der Waals surface area contributed by atoms with Crippen LogP contribution in [-0.4, -0.2) is 24.6 Å². The second-order valence-corrected chi connectivity index (χ2v) is 7.93. The third-order valence-electron chi connectivity index (χ3n) is 4.56. The first kappa shape index (κ1) is 24.0. The van der Waals surface area contributed by atoms with E-state index in [9.17, 15) is 14.4 Å². The highest BCUT2D eigenvalue weighted by Crippen LogP contribution is 2.18. The highest BCUT2D eigenvalue weighted by atomic mass is 79.9. The third-order valence-corrected chi connectivity index (χ3v) is 5.09. The molecular formula is C25H23BrN2O5. The third kappa shape index (κ3) is 7.76. The van der Waals surface area contributed by atoms with Crippen molar-refractivity contribution in [2.45, 2.75) is 19.8 Å². The fourth-order valence-electron chi connectivity index (χ4n) is 2.89. The van der Waals surface area contributed by atoms with Crippen LogP contribution in [0.15, 0.2) is 77.3 Å². The zero-order valence-electron chi connectivity index (χ0n) is 18.0. The Balaban J connectivity index is 1.48. The lowest BCUT2D eigenvalue weighted by Crippen LogP contribution is -2.14. The number of hydrogen-bond donors (Lipinski definition) is 2. The molecule has 0 spiro atoms. The molecule has 0 bridgehead atoms. The summed E-state index contributed by atoms with van der Waals surface area (Å²) < 4.78 is 10.7. The van der Waals surface area contributed by atoms with E-state index in [4.69, 9.17) is 9.47 Å². The number of nitrogens with one attached hydrogen (secondary N) is 2. The Hall–Kier alpha value is -3.65. The van der Waals surface area contributed by atoms with Crippen molar-refractivity contribution in [3.8, 4) is 5.75 Å². The minimum absolute atomic E-state index is 0.0835. The monoisotopic (exact) mass is 510 g/mol. The summed E-state index contributed by atoms with van der Waals surface area (Å²) in [6.45, 7) is 1.90. The molecule has 0 saturated heterocycles. The van der Waals surface area contributed by atoms with Crippen LogP contribution in [0, 0.1) is 0 Å². The number of carbonyl (C=O) groups is 3. The molecule has 0 heterocycles. The van der Waals surface area contributed by atoms with Crippen molar-refractivity contribution in [3.63, 3.8) is 0 Å². The number of halogens is 1. The first-order valence-electron chi connectivity index (χ1n) is 10.3. The van der Waals surface area contributed by atoms with Crippen LogP contribution >= 0.6 is 15.9 Å². The van der Waals surface area contributed by atoms with Gasteiger partial charge in [-0.05, 0) is 79.6 Å². The number of rotatable bonds is 8. The first-order chi connectivity index (χ1) is 15.9. The molecule has 2 N–H and O–H groups in total. The van der Waals surface area contributed by atoms with Gasteiger partial charge in [0.15, 0.2) is 0 Å². The quantitative estimate of drug-likeness (QED) is 0.294. The Labute approximate surface area is 200 Å². The van der Waals surface area contributed by atoms with Crippen LogP contribution in [0.3, 0.4) is 0 Å². The van der Waals surface area contributed by atoms with Gasteiger partial charge in [0.25, 0.3) is 5.91 Å². The van der Waals surface area contributed by atoms with Crippen molar-refractivity contribution in [3.05, 3.63) is 88.4 Å². The molecule has 3 aromatic carbocycles. The maximum absolute atomic E-state index is 12.4. The maximum Gasteiger partial charge on any atom is 0.513 e. The van der Waals surface area contributed by atoms with Crippen molar-refractivity contribution < 1.29 is 23.9 Å². The minimum atomic E-state index is -0.796. The molecule has 3 rings (SSSR count). The molecule has 170 valence electrons. The summed E-state index contributed by atoms with van der Waals surface area (Å²) in [4.78, 5) is 36.0. The molecule has 0 atom stereocenters. The van der Waals surface area contributed by atoms with E-state index in [1.54, 1.807) is 43.3 Å². The topological polar surface area (TPSA) is 93.7 Å². The molecular weight excluding hydrogens is 488 g/mol. The standard InChI is InChI=1S/C25H23BrN2O5/c1-2-32-25(31)33-22-14-6-18(7-15-22)24(30)28-21-12-10-20(11-13-21)27-23(29)16-5-17-3-8-19(26)9-4-17/h3-4,6-15H,2,5,16H2,1H3,(H,27,29)(H,28,30). The average Bonchev–Trinajstić information content (AvgIpc) is 2.80. The summed E-state index contributed by atoms with van der Waals surface area (Å²) in [5.74, 6) is -0.117. The molecule has 0 aliphatic carbocycles. The predicted molar refractivity (Wildman–Crippen MR) is 130 cm³/mol. The van der Waals surface area contributed by atoms with Crippen LogP contribution < -0.4 is 15.4 Å². The lowest BCUT2D eigenvalue weighted by Gasteiger charge is -2.09. The van der Waals surface area contributed by atoms with Crippen molar-refractivity contribution in [2.75, 3.05) is 17.2 Å². The summed E-state index contributed by atoms with van der Waals surface area (Å²) in [6, 6.07) is 20.8. The summed E-state index contributed by atoms with van der Waals surface area (Å²) >= 11 is 3.39. The number of benzene rings is 3. The number of aryl methyl sites for hydroxylation is 1. The molecule has 0 aliphatic rings. The van der Waals surface area contributed by atoms with Gasteiger partial charge < -0.3 is 20.1 Å². The second-order valence-electron chi connectivity index (χ2n) is 7.02. The van der Waals surface area contributed by atoms with Crippen molar-refractivity contribution in [2.24, 2.45) is 0 Å². The zero-order valence-corrected chi connectivity index (χ0v) is 19.6. The fraction of sp³-hybridized carbons (Fsp3) is 0.160. The largest absolute Gasteiger partial charge is 0.513 e. The SMILES string of the molecule is CCOC(=O)Oc1ccc(C(=O)Nc2ccc(NC(=O)CCc3ccc(Br)cc3)cc2)cc1. The van der Waals surface area contributed by atoms with Crippen molar-refractivity contribution in [1.29, 1.82) is 0 Å². The Morgan fingerprint density at radius 3 is 2.03 bits per heavy atom. The van der Waals surface area contributed by atoms with Gasteiger partial charge in [-0.15, -0.1) is 0 Å². The lowest BCUT2D eigenvalue weighted by molar-refractivity contribution is -0.116. The maximum atomic E-state index is 12.4. The predicted octanol–water partition coefficient (Wildman–Crippen LogP) is 5.81. The highest BCUT2D eigenvalue weighted by Gasteiger charge is 2.09. The summed E-state index contributed by atoms with van der Waals surface area (Å²) in [6.07, 6.45) is 0.225. The van der Waals surface area contributed by atoms with Gasteiger partial charge in [0, 0.05) is 27.8 Å². The van der Waals surface area contributed by atoms with E-state index in [0.717, 1.165) is 10.0 Å². The molecule has 8 heteroatoms. The van der Waals surface area contributed by atoms with Gasteiger partial charge in [-0.2, -0.15) is 0 Å². The highest BCUT2D eigenvalue weighted by molar-refractivity contribution is 9.10. The van der Waals surface area contributed by atoms with Crippen LogP contribution in [0.1, 0.15) is 29.3 Å². The Morgan fingerprint density at radius 2 is 1.42 bits per heavy atom. The van der Waals surface area contributed by atoms with Gasteiger partial charge in [0.1, 0.15) is 5.75 Å². The number of ether oxygens (including phenoxy) is 2. The average molecular weight is 511 g/mol. The molecule has 7 nitrogen and oxygen atoms in total. The van der Waals surface area contributed by atoms with Crippen LogP contribution in [0.25, 0.3) is 0 Å². The normalized spacial score (nSPS) is 10.2. The first-order valence-corrected chi connectivity index (χ1v) is 11.1. The van der Waals surface area contributed by atoms with Gasteiger partial charge in [-0.1, -0.05) is 28.1 Å². The number of amides is 2. The molecule has 33 heavy (non-hydrogen) atoms. The summed E-state index contributed by atoms with van der Waals surface area (Å²) in [5, 5.41) is 5.64. The zero-order chi connectivity index (χ0) is 23.6. The molecule has 0 unspecified atom stereocenters. The van der Waals surface area contributed by atoms with E-state index in [0.29, 0.717) is 29.8 Å². The Morgan fingerprint density at radius 1 is 0.818 bits per heavy atom. The van der Waals surface area contributed by atoms with Crippen LogP contribution in [0.5, 0.6) is 5.75 Å². The van der Waals surface area contributed by atoms with E-state index in [-0.39, 0.29) is 24.2 Å². The number of carbonyl (C=O) groups excluding carboxylic acids is 3. The van der Waals surface area contributed by atoms with E-state index in [1.807, 2.05) is 24.3 Å². The molecule has 0 saturated carbocycles. The number of anilines is 2. The van der Waals surface area contributed by atoms with E-state index >= 15 is 0 Å². The summed E-state index contributed by atoms with van der Waals surface area (Å²) in [7, 11) is 0. The molecule has 0 aliphatic heterocycles. The lowest BCUT2D eigenvalue weighted by atomic mass is 10.1. The van der Waals surface area contributed by atoms with Crippen LogP contribution in [0.2, 0.25) is 0 Å². The molecule has 2 amide bonds. The van der Waals surface area contributed by atoms with Crippen LogP contribution in [0.4, 0.5) is 16.2 Å². The fourth-order valence-corrected chi connectivity index (χ4v) is 3.15. The Kier molecular flexibility index (Phi) is 8.60. The van der Waals surface area contributed by atoms with Gasteiger partial charge in [-0.25, -0.2) is 4.79 Å². The van der Waals surface area contributed by atoms with Crippen molar-refractivity contribution >= 4 is 45.3 Å². The summed E-state index contributed by atoms with van der Waals surface area (Å²) in [5.41, 5.74) is 2.72. The van der Waals surface area contributed by atoms with Gasteiger partial charge in [0.2, 0.25) is 5.91 Å².